The molecule has 0 aromatic heterocycles. The third kappa shape index (κ3) is 1.13. The van der Waals surface area contributed by atoms with Crippen molar-refractivity contribution in [2.45, 2.75) is 12.8 Å². The Balaban J connectivity index is 1.83. The van der Waals surface area contributed by atoms with Crippen molar-refractivity contribution in [3.05, 3.63) is 12.2 Å². The van der Waals surface area contributed by atoms with E-state index in [9.17, 15) is 9.59 Å². The normalized spacial score (nSPS) is 39.9. The van der Waals surface area contributed by atoms with Crippen LogP contribution in [-0.2, 0) is 9.59 Å². The molecule has 4 heteroatoms. The molecule has 1 saturated heterocycles. The summed E-state index contributed by atoms with van der Waals surface area (Å²) in [7, 11) is 0. The second kappa shape index (κ2) is 3.42. The first-order chi connectivity index (χ1) is 7.74. The lowest BCUT2D eigenvalue weighted by molar-refractivity contribution is -0.140. The predicted molar refractivity (Wildman–Crippen MR) is 58.1 cm³/mol. The van der Waals surface area contributed by atoms with E-state index in [0.29, 0.717) is 31.3 Å². The molecule has 4 atom stereocenters. The van der Waals surface area contributed by atoms with E-state index in [1.165, 1.54) is 4.90 Å². The molecule has 1 aliphatic heterocycles. The zero-order chi connectivity index (χ0) is 11.3. The van der Waals surface area contributed by atoms with Crippen molar-refractivity contribution >= 4 is 11.8 Å². The van der Waals surface area contributed by atoms with Crippen LogP contribution < -0.4 is 5.73 Å². The van der Waals surface area contributed by atoms with Gasteiger partial charge in [-0.05, 0) is 31.2 Å². The summed E-state index contributed by atoms with van der Waals surface area (Å²) in [6, 6.07) is 0. The summed E-state index contributed by atoms with van der Waals surface area (Å²) in [4.78, 5) is 25.7. The fourth-order valence-corrected chi connectivity index (χ4v) is 3.43. The van der Waals surface area contributed by atoms with Gasteiger partial charge in [0.1, 0.15) is 0 Å². The van der Waals surface area contributed by atoms with Crippen molar-refractivity contribution in [2.75, 3.05) is 13.1 Å². The minimum absolute atomic E-state index is 0.0419. The van der Waals surface area contributed by atoms with Gasteiger partial charge in [-0.2, -0.15) is 0 Å². The Labute approximate surface area is 94.5 Å². The van der Waals surface area contributed by atoms with E-state index in [2.05, 4.69) is 12.2 Å². The van der Waals surface area contributed by atoms with Crippen LogP contribution in [0.15, 0.2) is 12.2 Å². The van der Waals surface area contributed by atoms with Crippen LogP contribution in [0, 0.1) is 23.7 Å². The summed E-state index contributed by atoms with van der Waals surface area (Å²) >= 11 is 0. The maximum atomic E-state index is 12.1. The molecule has 3 rings (SSSR count). The van der Waals surface area contributed by atoms with E-state index in [4.69, 9.17) is 5.73 Å². The quantitative estimate of drug-likeness (QED) is 0.543. The number of carbonyl (C=O) groups is 2. The summed E-state index contributed by atoms with van der Waals surface area (Å²) in [5.74, 6) is 0.602. The molecule has 1 saturated carbocycles. The molecule has 0 spiro atoms. The predicted octanol–water partition coefficient (Wildman–Crippen LogP) is 0.142. The minimum Gasteiger partial charge on any atom is -0.330 e. The molecule has 1 heterocycles. The average Bonchev–Trinajstić information content (AvgIpc) is 2.92. The fourth-order valence-electron chi connectivity index (χ4n) is 3.43. The van der Waals surface area contributed by atoms with Gasteiger partial charge in [-0.15, -0.1) is 0 Å². The number of nitrogens with zero attached hydrogens (tertiary/aromatic N) is 1. The molecule has 4 nitrogen and oxygen atoms in total. The van der Waals surface area contributed by atoms with Gasteiger partial charge in [0.25, 0.3) is 0 Å². The van der Waals surface area contributed by atoms with Gasteiger partial charge in [0.15, 0.2) is 0 Å². The molecule has 16 heavy (non-hydrogen) atoms. The molecule has 86 valence electrons. The number of rotatable bonds is 3. The van der Waals surface area contributed by atoms with Gasteiger partial charge in [0, 0.05) is 6.54 Å². The van der Waals surface area contributed by atoms with E-state index in [-0.39, 0.29) is 23.7 Å². The first kappa shape index (κ1) is 10.0. The van der Waals surface area contributed by atoms with E-state index in [1.807, 2.05) is 0 Å². The number of carbonyl (C=O) groups excluding carboxylic acids is 2. The van der Waals surface area contributed by atoms with Gasteiger partial charge in [0.05, 0.1) is 11.8 Å². The van der Waals surface area contributed by atoms with Gasteiger partial charge in [-0.1, -0.05) is 12.2 Å². The lowest BCUT2D eigenvalue weighted by Gasteiger charge is -2.16. The molecule has 2 aliphatic carbocycles. The maximum Gasteiger partial charge on any atom is 0.233 e. The van der Waals surface area contributed by atoms with Crippen LogP contribution in [0.5, 0.6) is 0 Å². The number of nitrogens with two attached hydrogens (primary N) is 1. The van der Waals surface area contributed by atoms with Crippen LogP contribution in [0.25, 0.3) is 0 Å². The molecule has 2 fully saturated rings. The van der Waals surface area contributed by atoms with Crippen LogP contribution in [0.1, 0.15) is 12.8 Å². The molecule has 0 unspecified atom stereocenters. The number of likely N-dealkylation sites (tertiary alicyclic amines) is 1. The zero-order valence-electron chi connectivity index (χ0n) is 9.13. The molecular formula is C12H16N2O2. The van der Waals surface area contributed by atoms with Crippen molar-refractivity contribution in [2.24, 2.45) is 29.4 Å². The molecule has 0 aromatic carbocycles. The number of fused-ring (bicyclic) bond motifs is 5. The van der Waals surface area contributed by atoms with Crippen molar-refractivity contribution < 1.29 is 9.59 Å². The summed E-state index contributed by atoms with van der Waals surface area (Å²) < 4.78 is 0. The Morgan fingerprint density at radius 2 is 1.75 bits per heavy atom. The number of amides is 2. The van der Waals surface area contributed by atoms with Gasteiger partial charge >= 0.3 is 0 Å². The lowest BCUT2D eigenvalue weighted by Crippen LogP contribution is -2.34. The third-order valence-corrected chi connectivity index (χ3v) is 4.15. The number of hydrogen-bond acceptors (Lipinski definition) is 3. The number of allylic oxidation sites excluding steroid dienone is 2. The van der Waals surface area contributed by atoms with Crippen LogP contribution in [0.3, 0.4) is 0 Å². The van der Waals surface area contributed by atoms with Crippen molar-refractivity contribution in [3.8, 4) is 0 Å². The highest BCUT2D eigenvalue weighted by atomic mass is 16.2. The number of hydrogen-bond donors (Lipinski definition) is 1. The SMILES string of the molecule is NCCCN1C(=O)[C@H]2[C@H](C1=O)[C@H]1C=C[C@H]2C1. The summed E-state index contributed by atoms with van der Waals surface area (Å²) in [6.45, 7) is 1.03. The van der Waals surface area contributed by atoms with Crippen molar-refractivity contribution in [1.82, 2.24) is 4.90 Å². The first-order valence-electron chi connectivity index (χ1n) is 5.97. The highest BCUT2D eigenvalue weighted by Crippen LogP contribution is 2.52. The van der Waals surface area contributed by atoms with Crippen LogP contribution in [-0.4, -0.2) is 29.8 Å². The van der Waals surface area contributed by atoms with Crippen molar-refractivity contribution in [3.63, 3.8) is 0 Å². The fraction of sp³-hybridized carbons (Fsp3) is 0.667. The highest BCUT2D eigenvalue weighted by molar-refractivity contribution is 6.06. The second-order valence-corrected chi connectivity index (χ2v) is 4.97. The molecule has 2 amide bonds. The Kier molecular flexibility index (Phi) is 2.14. The molecule has 3 aliphatic rings. The Bertz CT molecular complexity index is 347. The zero-order valence-corrected chi connectivity index (χ0v) is 9.13. The first-order valence-corrected chi connectivity index (χ1v) is 5.97. The Morgan fingerprint density at radius 1 is 1.19 bits per heavy atom. The van der Waals surface area contributed by atoms with E-state index in [0.717, 1.165) is 6.42 Å². The summed E-state index contributed by atoms with van der Waals surface area (Å²) in [5.41, 5.74) is 5.42. The summed E-state index contributed by atoms with van der Waals surface area (Å²) in [6.07, 6.45) is 5.93. The molecule has 0 radical (unpaired) electrons. The molecule has 2 N–H and O–H groups in total. The van der Waals surface area contributed by atoms with Crippen molar-refractivity contribution in [1.29, 1.82) is 0 Å². The minimum atomic E-state index is -0.0553. The monoisotopic (exact) mass is 220 g/mol. The van der Waals surface area contributed by atoms with Crippen LogP contribution in [0.2, 0.25) is 0 Å². The smallest absolute Gasteiger partial charge is 0.233 e. The second-order valence-electron chi connectivity index (χ2n) is 4.97. The highest BCUT2D eigenvalue weighted by Gasteiger charge is 2.58. The Morgan fingerprint density at radius 3 is 2.25 bits per heavy atom. The van der Waals surface area contributed by atoms with Gasteiger partial charge in [-0.25, -0.2) is 0 Å². The Hall–Kier alpha value is -1.16. The lowest BCUT2D eigenvalue weighted by atomic mass is 9.85. The van der Waals surface area contributed by atoms with Gasteiger partial charge in [-0.3, -0.25) is 14.5 Å². The van der Waals surface area contributed by atoms with Gasteiger partial charge in [0.2, 0.25) is 11.8 Å². The molecule has 2 bridgehead atoms. The van der Waals surface area contributed by atoms with E-state index < -0.39 is 0 Å². The standard InChI is InChI=1S/C12H16N2O2/c13-4-1-5-14-11(15)9-7-2-3-8(6-7)10(9)12(14)16/h2-3,7-10H,1,4-6,13H2/t7-,8-,9+,10+/m0/s1. The molecule has 0 aromatic rings. The third-order valence-electron chi connectivity index (χ3n) is 4.15. The topological polar surface area (TPSA) is 63.4 Å². The number of imide groups is 1. The van der Waals surface area contributed by atoms with Crippen LogP contribution >= 0.6 is 0 Å². The maximum absolute atomic E-state index is 12.1. The summed E-state index contributed by atoms with van der Waals surface area (Å²) in [5, 5.41) is 0. The van der Waals surface area contributed by atoms with Crippen LogP contribution in [0.4, 0.5) is 0 Å². The largest absolute Gasteiger partial charge is 0.330 e. The molecular weight excluding hydrogens is 204 g/mol. The average molecular weight is 220 g/mol. The van der Waals surface area contributed by atoms with Gasteiger partial charge < -0.3 is 5.73 Å². The van der Waals surface area contributed by atoms with E-state index >= 15 is 0 Å². The van der Waals surface area contributed by atoms with E-state index in [1.54, 1.807) is 0 Å².